The second-order valence-corrected chi connectivity index (χ2v) is 6.71. The van der Waals surface area contributed by atoms with E-state index in [-0.39, 0.29) is 42.8 Å². The van der Waals surface area contributed by atoms with Gasteiger partial charge < -0.3 is 0 Å². The van der Waals surface area contributed by atoms with Crippen LogP contribution < -0.4 is 4.31 Å². The Hall–Kier alpha value is -1.75. The Kier molecular flexibility index (Phi) is 4.14. The molecule has 0 bridgehead atoms. The van der Waals surface area contributed by atoms with Gasteiger partial charge in [-0.05, 0) is 30.5 Å². The molecule has 2 rings (SSSR count). The molecule has 1 aliphatic heterocycles. The molecule has 8 heteroatoms. The zero-order chi connectivity index (χ0) is 15.7. The van der Waals surface area contributed by atoms with Crippen molar-refractivity contribution < 1.29 is 21.6 Å². The summed E-state index contributed by atoms with van der Waals surface area (Å²) >= 11 is 0. The third kappa shape index (κ3) is 3.13. The molecule has 0 saturated carbocycles. The fraction of sp³-hybridized carbons (Fsp3) is 0.462. The lowest BCUT2D eigenvalue weighted by Gasteiger charge is -2.20. The molecular weight excluding hydrogens is 305 g/mol. The highest BCUT2D eigenvalue weighted by Gasteiger charge is 2.38. The quantitative estimate of drug-likeness (QED) is 0.802. The minimum Gasteiger partial charge on any atom is -0.270 e. The lowest BCUT2D eigenvalue weighted by Crippen LogP contribution is -2.31. The van der Waals surface area contributed by atoms with Gasteiger partial charge in [0.1, 0.15) is 0 Å². The molecule has 1 aromatic rings. The van der Waals surface area contributed by atoms with E-state index in [1.807, 2.05) is 6.07 Å². The number of rotatable bonds is 4. The molecule has 1 aliphatic rings. The highest BCUT2D eigenvalue weighted by Crippen LogP contribution is 2.40. The summed E-state index contributed by atoms with van der Waals surface area (Å²) in [5.74, 6) is -0.240. The molecule has 0 N–H and O–H groups in total. The number of nitrogens with zero attached hydrogens (tertiary/aromatic N) is 2. The van der Waals surface area contributed by atoms with Crippen LogP contribution in [0.2, 0.25) is 0 Å². The molecule has 1 heterocycles. The standard InChI is InChI=1S/C13H13F3N2O2S/c14-13(15,16)11-4-3-5-12-10(11)6-8-18(12)21(19,20)9-2-1-7-17/h3-5H,1-2,6,8-9H2. The van der Waals surface area contributed by atoms with E-state index in [4.69, 9.17) is 5.26 Å². The van der Waals surface area contributed by atoms with Crippen LogP contribution >= 0.6 is 0 Å². The minimum absolute atomic E-state index is 0.0112. The molecule has 1 aromatic carbocycles. The SMILES string of the molecule is N#CCCCS(=O)(=O)N1CCc2c1cccc2C(F)(F)F. The first-order valence-corrected chi connectivity index (χ1v) is 7.95. The summed E-state index contributed by atoms with van der Waals surface area (Å²) in [5, 5.41) is 8.43. The van der Waals surface area contributed by atoms with Crippen LogP contribution in [0.4, 0.5) is 18.9 Å². The van der Waals surface area contributed by atoms with E-state index in [0.29, 0.717) is 0 Å². The highest BCUT2D eigenvalue weighted by atomic mass is 32.2. The van der Waals surface area contributed by atoms with Crippen molar-refractivity contribution >= 4 is 15.7 Å². The highest BCUT2D eigenvalue weighted by molar-refractivity contribution is 7.92. The van der Waals surface area contributed by atoms with E-state index >= 15 is 0 Å². The van der Waals surface area contributed by atoms with Crippen LogP contribution in [0.1, 0.15) is 24.0 Å². The van der Waals surface area contributed by atoms with Crippen molar-refractivity contribution in [3.63, 3.8) is 0 Å². The molecule has 0 aromatic heterocycles. The molecule has 114 valence electrons. The molecule has 0 atom stereocenters. The number of hydrogen-bond acceptors (Lipinski definition) is 3. The van der Waals surface area contributed by atoms with Gasteiger partial charge in [0, 0.05) is 13.0 Å². The first-order valence-electron chi connectivity index (χ1n) is 6.34. The molecule has 4 nitrogen and oxygen atoms in total. The van der Waals surface area contributed by atoms with E-state index in [1.165, 1.54) is 12.1 Å². The maximum absolute atomic E-state index is 12.9. The van der Waals surface area contributed by atoms with E-state index in [1.54, 1.807) is 0 Å². The third-order valence-corrected chi connectivity index (χ3v) is 5.17. The van der Waals surface area contributed by atoms with Crippen LogP contribution in [-0.4, -0.2) is 20.7 Å². The van der Waals surface area contributed by atoms with Crippen molar-refractivity contribution in [3.8, 4) is 6.07 Å². The molecule has 0 unspecified atom stereocenters. The number of anilines is 1. The molecule has 0 fully saturated rings. The van der Waals surface area contributed by atoms with Crippen LogP contribution in [0.5, 0.6) is 0 Å². The Morgan fingerprint density at radius 2 is 2.05 bits per heavy atom. The summed E-state index contributed by atoms with van der Waals surface area (Å²) in [7, 11) is -3.69. The summed E-state index contributed by atoms with van der Waals surface area (Å²) in [6, 6.07) is 5.41. The summed E-state index contributed by atoms with van der Waals surface area (Å²) in [6.45, 7) is 0.0112. The van der Waals surface area contributed by atoms with Gasteiger partial charge in [0.15, 0.2) is 0 Å². The van der Waals surface area contributed by atoms with Gasteiger partial charge in [-0.15, -0.1) is 0 Å². The number of halogens is 3. The van der Waals surface area contributed by atoms with Gasteiger partial charge in [0.05, 0.1) is 23.1 Å². The lowest BCUT2D eigenvalue weighted by atomic mass is 10.0. The molecular formula is C13H13F3N2O2S. The van der Waals surface area contributed by atoms with Crippen molar-refractivity contribution in [2.75, 3.05) is 16.6 Å². The van der Waals surface area contributed by atoms with Crippen LogP contribution in [0.25, 0.3) is 0 Å². The Labute approximate surface area is 120 Å². The average Bonchev–Trinajstić information content (AvgIpc) is 2.81. The Balaban J connectivity index is 2.33. The second kappa shape index (κ2) is 5.56. The normalized spacial score (nSPS) is 14.9. The largest absolute Gasteiger partial charge is 0.416 e. The Bertz CT molecular complexity index is 678. The summed E-state index contributed by atoms with van der Waals surface area (Å²) in [6.07, 6.45) is -4.18. The van der Waals surface area contributed by atoms with Crippen LogP contribution in [-0.2, 0) is 22.6 Å². The predicted molar refractivity (Wildman–Crippen MR) is 71.1 cm³/mol. The summed E-state index contributed by atoms with van der Waals surface area (Å²) in [4.78, 5) is 0. The third-order valence-electron chi connectivity index (χ3n) is 3.32. The van der Waals surface area contributed by atoms with E-state index in [2.05, 4.69) is 0 Å². The average molecular weight is 318 g/mol. The smallest absolute Gasteiger partial charge is 0.270 e. The van der Waals surface area contributed by atoms with Gasteiger partial charge in [0.25, 0.3) is 0 Å². The number of nitriles is 1. The van der Waals surface area contributed by atoms with E-state index in [9.17, 15) is 21.6 Å². The number of unbranched alkanes of at least 4 members (excludes halogenated alkanes) is 1. The molecule has 0 radical (unpaired) electrons. The molecule has 0 saturated heterocycles. The van der Waals surface area contributed by atoms with Crippen LogP contribution in [0.15, 0.2) is 18.2 Å². The van der Waals surface area contributed by atoms with Gasteiger partial charge in [-0.2, -0.15) is 18.4 Å². The molecule has 0 aliphatic carbocycles. The van der Waals surface area contributed by atoms with Crippen molar-refractivity contribution in [1.82, 2.24) is 0 Å². The zero-order valence-corrected chi connectivity index (χ0v) is 11.8. The lowest BCUT2D eigenvalue weighted by molar-refractivity contribution is -0.138. The minimum atomic E-state index is -4.49. The van der Waals surface area contributed by atoms with Crippen LogP contribution in [0, 0.1) is 11.3 Å². The number of benzene rings is 1. The Morgan fingerprint density at radius 1 is 1.33 bits per heavy atom. The fourth-order valence-corrected chi connectivity index (χ4v) is 3.97. The number of sulfonamides is 1. The summed E-state index contributed by atoms with van der Waals surface area (Å²) < 4.78 is 64.1. The van der Waals surface area contributed by atoms with Gasteiger partial charge in [-0.3, -0.25) is 4.31 Å². The second-order valence-electron chi connectivity index (χ2n) is 4.70. The van der Waals surface area contributed by atoms with E-state index in [0.717, 1.165) is 10.4 Å². The van der Waals surface area contributed by atoms with E-state index < -0.39 is 21.8 Å². The molecule has 21 heavy (non-hydrogen) atoms. The first-order chi connectivity index (χ1) is 9.77. The van der Waals surface area contributed by atoms with Gasteiger partial charge in [-0.25, -0.2) is 8.42 Å². The van der Waals surface area contributed by atoms with Crippen molar-refractivity contribution in [2.24, 2.45) is 0 Å². The maximum Gasteiger partial charge on any atom is 0.416 e. The molecule has 0 amide bonds. The van der Waals surface area contributed by atoms with Crippen molar-refractivity contribution in [2.45, 2.75) is 25.4 Å². The van der Waals surface area contributed by atoms with Crippen LogP contribution in [0.3, 0.4) is 0 Å². The first kappa shape index (κ1) is 15.6. The Morgan fingerprint density at radius 3 is 2.67 bits per heavy atom. The molecule has 0 spiro atoms. The summed E-state index contributed by atoms with van der Waals surface area (Å²) in [5.41, 5.74) is -0.662. The van der Waals surface area contributed by atoms with Crippen molar-refractivity contribution in [1.29, 1.82) is 5.26 Å². The maximum atomic E-state index is 12.9. The fourth-order valence-electron chi connectivity index (χ4n) is 2.40. The predicted octanol–water partition coefficient (Wildman–Crippen LogP) is 2.70. The van der Waals surface area contributed by atoms with Crippen molar-refractivity contribution in [3.05, 3.63) is 29.3 Å². The topological polar surface area (TPSA) is 61.2 Å². The zero-order valence-electron chi connectivity index (χ0n) is 11.0. The number of alkyl halides is 3. The monoisotopic (exact) mass is 318 g/mol. The van der Waals surface area contributed by atoms with Gasteiger partial charge in [0.2, 0.25) is 10.0 Å². The van der Waals surface area contributed by atoms with Gasteiger partial charge >= 0.3 is 6.18 Å². The number of fused-ring (bicyclic) bond motifs is 1. The number of hydrogen-bond donors (Lipinski definition) is 0. The van der Waals surface area contributed by atoms with Gasteiger partial charge in [-0.1, -0.05) is 6.07 Å².